The molecule has 0 atom stereocenters. The van der Waals surface area contributed by atoms with Gasteiger partial charge in [0.2, 0.25) is 0 Å². The summed E-state index contributed by atoms with van der Waals surface area (Å²) in [6.45, 7) is 13.2. The highest BCUT2D eigenvalue weighted by Crippen LogP contribution is 2.36. The van der Waals surface area contributed by atoms with E-state index in [1.165, 1.54) is 11.9 Å². The van der Waals surface area contributed by atoms with E-state index >= 15 is 0 Å². The van der Waals surface area contributed by atoms with Gasteiger partial charge in [0, 0.05) is 20.9 Å². The minimum absolute atomic E-state index is 0.181. The number of phenolic OH excluding ortho intramolecular Hbond substituents is 1. The van der Waals surface area contributed by atoms with Crippen LogP contribution in [0.25, 0.3) is 16.7 Å². The lowest BCUT2D eigenvalue weighted by molar-refractivity contribution is -0.136. The smallest absolute Gasteiger partial charge is 0.332 e. The fraction of sp³-hybridized carbons (Fsp3) is 0.276. The number of ether oxygens (including phenoxy) is 2. The van der Waals surface area contributed by atoms with Gasteiger partial charge in [-0.05, 0) is 73.4 Å². The Morgan fingerprint density at radius 3 is 2.14 bits per heavy atom. The van der Waals surface area contributed by atoms with E-state index in [4.69, 9.17) is 4.74 Å². The normalized spacial score (nSPS) is 11.0. The number of carbonyl (C=O) groups excluding carboxylic acids is 1. The molecule has 1 aromatic heterocycles. The number of aryl methyl sites for hydroxylation is 1. The molecule has 0 aliphatic rings. The van der Waals surface area contributed by atoms with E-state index in [-0.39, 0.29) is 17.1 Å². The number of methoxy groups -OCH3 is 2. The summed E-state index contributed by atoms with van der Waals surface area (Å²) in [5.41, 5.74) is 4.36. The van der Waals surface area contributed by atoms with Crippen LogP contribution in [-0.4, -0.2) is 40.3 Å². The SMILES string of the molecule is C=C(C)C(=O)OC.COc1ccc(Sc2ccc3nn(-c4cc(C)cc(C(C)(C)C)c4O)nc3c2)cc1. The first-order valence-corrected chi connectivity index (χ1v) is 12.5. The second kappa shape index (κ2) is 11.5. The zero-order valence-electron chi connectivity index (χ0n) is 22.3. The van der Waals surface area contributed by atoms with Gasteiger partial charge in [0.25, 0.3) is 0 Å². The molecule has 0 saturated carbocycles. The lowest BCUT2D eigenvalue weighted by Crippen LogP contribution is -2.13. The second-order valence-electron chi connectivity index (χ2n) is 9.62. The minimum Gasteiger partial charge on any atom is -0.505 e. The molecule has 0 radical (unpaired) electrons. The highest BCUT2D eigenvalue weighted by atomic mass is 32.2. The molecule has 0 spiro atoms. The van der Waals surface area contributed by atoms with Crippen LogP contribution in [0.1, 0.15) is 38.8 Å². The van der Waals surface area contributed by atoms with E-state index in [2.05, 4.69) is 42.3 Å². The van der Waals surface area contributed by atoms with Crippen molar-refractivity contribution in [3.63, 3.8) is 0 Å². The van der Waals surface area contributed by atoms with Crippen LogP contribution < -0.4 is 4.74 Å². The summed E-state index contributed by atoms with van der Waals surface area (Å²) in [7, 11) is 2.99. The lowest BCUT2D eigenvalue weighted by Gasteiger charge is -2.22. The number of carbonyl (C=O) groups is 1. The van der Waals surface area contributed by atoms with Crippen molar-refractivity contribution in [1.82, 2.24) is 15.0 Å². The van der Waals surface area contributed by atoms with E-state index in [1.54, 1.807) is 25.8 Å². The Hall–Kier alpha value is -3.78. The van der Waals surface area contributed by atoms with Crippen LogP contribution in [0.3, 0.4) is 0 Å². The van der Waals surface area contributed by atoms with Crippen molar-refractivity contribution in [2.45, 2.75) is 49.8 Å². The third-order valence-electron chi connectivity index (χ3n) is 5.44. The first-order valence-electron chi connectivity index (χ1n) is 11.7. The molecule has 0 unspecified atom stereocenters. The van der Waals surface area contributed by atoms with Gasteiger partial charge in [-0.15, -0.1) is 15.0 Å². The zero-order chi connectivity index (χ0) is 27.3. The number of benzene rings is 3. The van der Waals surface area contributed by atoms with Gasteiger partial charge in [-0.25, -0.2) is 4.79 Å². The molecule has 0 saturated heterocycles. The van der Waals surface area contributed by atoms with Crippen molar-refractivity contribution in [3.8, 4) is 17.2 Å². The number of nitrogens with zero attached hydrogens (tertiary/aromatic N) is 3. The second-order valence-corrected chi connectivity index (χ2v) is 10.8. The molecule has 4 rings (SSSR count). The molecular formula is C29H33N3O4S. The number of fused-ring (bicyclic) bond motifs is 1. The van der Waals surface area contributed by atoms with Gasteiger partial charge in [-0.3, -0.25) is 0 Å². The highest BCUT2D eigenvalue weighted by Gasteiger charge is 2.22. The Morgan fingerprint density at radius 1 is 0.973 bits per heavy atom. The standard InChI is InChI=1S/C24H25N3O2S.C5H8O2/c1-15-12-19(24(2,3)4)23(28)22(13-15)27-25-20-11-10-18(14-21(20)26-27)30-17-8-6-16(29-5)7-9-17;1-4(2)5(6)7-3/h6-14,28H,1-5H3;1H2,2-3H3. The molecule has 37 heavy (non-hydrogen) atoms. The van der Waals surface area contributed by atoms with Crippen molar-refractivity contribution in [1.29, 1.82) is 0 Å². The van der Waals surface area contributed by atoms with Gasteiger partial charge < -0.3 is 14.6 Å². The zero-order valence-corrected chi connectivity index (χ0v) is 23.1. The number of hydrogen-bond donors (Lipinski definition) is 1. The number of aromatic nitrogens is 3. The van der Waals surface area contributed by atoms with Gasteiger partial charge in [0.15, 0.2) is 0 Å². The van der Waals surface area contributed by atoms with Crippen LogP contribution in [0, 0.1) is 6.92 Å². The van der Waals surface area contributed by atoms with Crippen molar-refractivity contribution < 1.29 is 19.4 Å². The molecule has 3 aromatic carbocycles. The van der Waals surface area contributed by atoms with Gasteiger partial charge in [0.1, 0.15) is 28.2 Å². The Labute approximate surface area is 222 Å². The van der Waals surface area contributed by atoms with E-state index in [1.807, 2.05) is 61.5 Å². The Balaban J connectivity index is 0.000000479. The molecular weight excluding hydrogens is 486 g/mol. The fourth-order valence-corrected chi connectivity index (χ4v) is 4.35. The third kappa shape index (κ3) is 6.92. The summed E-state index contributed by atoms with van der Waals surface area (Å²) < 4.78 is 9.49. The maximum Gasteiger partial charge on any atom is 0.332 e. The van der Waals surface area contributed by atoms with Gasteiger partial charge in [-0.1, -0.05) is 45.2 Å². The third-order valence-corrected chi connectivity index (χ3v) is 6.44. The Kier molecular flexibility index (Phi) is 8.65. The predicted molar refractivity (Wildman–Crippen MR) is 148 cm³/mol. The maximum atomic E-state index is 10.9. The van der Waals surface area contributed by atoms with E-state index in [0.717, 1.165) is 37.7 Å². The van der Waals surface area contributed by atoms with Crippen molar-refractivity contribution >= 4 is 28.8 Å². The number of aromatic hydroxyl groups is 1. The summed E-state index contributed by atoms with van der Waals surface area (Å²) in [6.07, 6.45) is 0. The topological polar surface area (TPSA) is 86.5 Å². The van der Waals surface area contributed by atoms with Crippen molar-refractivity contribution in [3.05, 3.63) is 77.9 Å². The molecule has 194 valence electrons. The summed E-state index contributed by atoms with van der Waals surface area (Å²) in [4.78, 5) is 13.9. The monoisotopic (exact) mass is 519 g/mol. The summed E-state index contributed by atoms with van der Waals surface area (Å²) in [6, 6.07) is 17.9. The fourth-order valence-electron chi connectivity index (χ4n) is 3.50. The number of hydrogen-bond acceptors (Lipinski definition) is 7. The highest BCUT2D eigenvalue weighted by molar-refractivity contribution is 7.99. The van der Waals surface area contributed by atoms with Crippen LogP contribution in [0.5, 0.6) is 11.5 Å². The van der Waals surface area contributed by atoms with Crippen LogP contribution >= 0.6 is 11.8 Å². The minimum atomic E-state index is -0.347. The van der Waals surface area contributed by atoms with Crippen LogP contribution in [-0.2, 0) is 14.9 Å². The van der Waals surface area contributed by atoms with Gasteiger partial charge >= 0.3 is 5.97 Å². The molecule has 0 bridgehead atoms. The molecule has 1 heterocycles. The largest absolute Gasteiger partial charge is 0.505 e. The molecule has 4 aromatic rings. The molecule has 0 aliphatic heterocycles. The molecule has 0 fully saturated rings. The quantitative estimate of drug-likeness (QED) is 0.234. The number of esters is 1. The average molecular weight is 520 g/mol. The molecule has 7 nitrogen and oxygen atoms in total. The Bertz CT molecular complexity index is 1420. The first kappa shape index (κ1) is 27.8. The molecule has 1 N–H and O–H groups in total. The van der Waals surface area contributed by atoms with Crippen LogP contribution in [0.2, 0.25) is 0 Å². The summed E-state index contributed by atoms with van der Waals surface area (Å²) in [5, 5.41) is 20.2. The number of rotatable bonds is 5. The maximum absolute atomic E-state index is 10.9. The van der Waals surface area contributed by atoms with Crippen molar-refractivity contribution in [2.75, 3.05) is 14.2 Å². The number of phenols is 1. The molecule has 8 heteroatoms. The predicted octanol–water partition coefficient (Wildman–Crippen LogP) is 6.63. The summed E-state index contributed by atoms with van der Waals surface area (Å²) >= 11 is 1.66. The first-order chi connectivity index (χ1) is 17.4. The molecule has 0 aliphatic carbocycles. The van der Waals surface area contributed by atoms with Gasteiger partial charge in [0.05, 0.1) is 14.2 Å². The van der Waals surface area contributed by atoms with E-state index < -0.39 is 0 Å². The van der Waals surface area contributed by atoms with Crippen LogP contribution in [0.4, 0.5) is 0 Å². The molecule has 0 amide bonds. The van der Waals surface area contributed by atoms with Crippen LogP contribution in [0.15, 0.2) is 76.5 Å². The lowest BCUT2D eigenvalue weighted by atomic mass is 9.85. The average Bonchev–Trinajstić information content (AvgIpc) is 3.28. The summed E-state index contributed by atoms with van der Waals surface area (Å²) in [5.74, 6) is 0.714. The van der Waals surface area contributed by atoms with E-state index in [9.17, 15) is 9.90 Å². The van der Waals surface area contributed by atoms with E-state index in [0.29, 0.717) is 11.3 Å². The van der Waals surface area contributed by atoms with Gasteiger partial charge in [-0.2, -0.15) is 0 Å². The van der Waals surface area contributed by atoms with Crippen molar-refractivity contribution in [2.24, 2.45) is 0 Å². The Morgan fingerprint density at radius 2 is 1.59 bits per heavy atom.